The fourth-order valence-corrected chi connectivity index (χ4v) is 4.05. The smallest absolute Gasteiger partial charge is 0.227 e. The number of likely N-dealkylation sites (tertiary alicyclic amines) is 1. The van der Waals surface area contributed by atoms with Crippen LogP contribution in [0.4, 0.5) is 0 Å². The first-order chi connectivity index (χ1) is 10.3. The van der Waals surface area contributed by atoms with Crippen LogP contribution in [0.15, 0.2) is 16.8 Å². The van der Waals surface area contributed by atoms with Gasteiger partial charge in [0.25, 0.3) is 0 Å². The van der Waals surface area contributed by atoms with Gasteiger partial charge in [-0.05, 0) is 41.1 Å². The van der Waals surface area contributed by atoms with Gasteiger partial charge in [0.05, 0.1) is 31.8 Å². The van der Waals surface area contributed by atoms with Gasteiger partial charge in [0.2, 0.25) is 5.91 Å². The van der Waals surface area contributed by atoms with Gasteiger partial charge in [0.15, 0.2) is 0 Å². The summed E-state index contributed by atoms with van der Waals surface area (Å²) in [5.41, 5.74) is 1.11. The summed E-state index contributed by atoms with van der Waals surface area (Å²) in [4.78, 5) is 14.6. The van der Waals surface area contributed by atoms with E-state index in [1.165, 1.54) is 12.8 Å². The average molecular weight is 307 g/mol. The molecule has 3 heterocycles. The van der Waals surface area contributed by atoms with Crippen LogP contribution >= 0.6 is 11.3 Å². The van der Waals surface area contributed by atoms with Crippen molar-refractivity contribution >= 4 is 17.2 Å². The van der Waals surface area contributed by atoms with Crippen molar-refractivity contribution in [2.45, 2.75) is 31.4 Å². The minimum absolute atomic E-state index is 0.171. The van der Waals surface area contributed by atoms with Crippen LogP contribution in [0.1, 0.15) is 18.4 Å². The van der Waals surface area contributed by atoms with Crippen LogP contribution in [0, 0.1) is 11.8 Å². The number of thiophene rings is 1. The molecular formula is C16H21NO3S. The van der Waals surface area contributed by atoms with Crippen LogP contribution < -0.4 is 0 Å². The largest absolute Gasteiger partial charge is 0.379 e. The number of hydrogen-bond acceptors (Lipinski definition) is 4. The van der Waals surface area contributed by atoms with E-state index in [2.05, 4.69) is 5.38 Å². The predicted molar refractivity (Wildman–Crippen MR) is 80.3 cm³/mol. The number of rotatable bonds is 5. The molecule has 2 aliphatic heterocycles. The second-order valence-electron chi connectivity index (χ2n) is 6.44. The highest BCUT2D eigenvalue weighted by Crippen LogP contribution is 2.35. The van der Waals surface area contributed by atoms with Gasteiger partial charge in [0.1, 0.15) is 0 Å². The van der Waals surface area contributed by atoms with Crippen molar-refractivity contribution in [1.29, 1.82) is 0 Å². The van der Waals surface area contributed by atoms with Gasteiger partial charge in [-0.25, -0.2) is 0 Å². The quantitative estimate of drug-likeness (QED) is 0.834. The Kier molecular flexibility index (Phi) is 3.73. The molecule has 2 saturated heterocycles. The Balaban J connectivity index is 1.40. The molecule has 1 aliphatic carbocycles. The topological polar surface area (TPSA) is 38.8 Å². The Morgan fingerprint density at radius 1 is 1.43 bits per heavy atom. The van der Waals surface area contributed by atoms with E-state index in [0.717, 1.165) is 31.2 Å². The van der Waals surface area contributed by atoms with Crippen molar-refractivity contribution in [1.82, 2.24) is 4.90 Å². The molecule has 1 saturated carbocycles. The Bertz CT molecular complexity index is 500. The molecule has 114 valence electrons. The summed E-state index contributed by atoms with van der Waals surface area (Å²) in [7, 11) is 0. The SMILES string of the molecule is O=C(Cc1ccsc1)N1C[C@H](OCC2CC2)[C@H]2COC[C@H]21. The van der Waals surface area contributed by atoms with Gasteiger partial charge in [-0.3, -0.25) is 4.79 Å². The fraction of sp³-hybridized carbons (Fsp3) is 0.688. The Labute approximate surface area is 129 Å². The van der Waals surface area contributed by atoms with Crippen LogP contribution in [-0.2, 0) is 20.7 Å². The highest BCUT2D eigenvalue weighted by Gasteiger charge is 2.48. The summed E-state index contributed by atoms with van der Waals surface area (Å²) in [6.07, 6.45) is 3.28. The second-order valence-corrected chi connectivity index (χ2v) is 7.22. The molecule has 4 nitrogen and oxygen atoms in total. The number of amides is 1. The summed E-state index contributed by atoms with van der Waals surface area (Å²) in [6.45, 7) is 3.01. The molecule has 0 unspecified atom stereocenters. The van der Waals surface area contributed by atoms with E-state index in [9.17, 15) is 4.79 Å². The first-order valence-corrected chi connectivity index (χ1v) is 8.75. The average Bonchev–Trinajstić information content (AvgIpc) is 2.91. The molecule has 1 aromatic heterocycles. The Morgan fingerprint density at radius 2 is 2.33 bits per heavy atom. The van der Waals surface area contributed by atoms with Gasteiger partial charge >= 0.3 is 0 Å². The number of nitrogens with zero attached hydrogens (tertiary/aromatic N) is 1. The molecule has 0 radical (unpaired) electrons. The molecule has 0 bridgehead atoms. The third-order valence-electron chi connectivity index (χ3n) is 4.85. The van der Waals surface area contributed by atoms with Crippen molar-refractivity contribution in [2.24, 2.45) is 11.8 Å². The predicted octanol–water partition coefficient (Wildman–Crippen LogP) is 1.94. The molecule has 0 aromatic carbocycles. The number of carbonyl (C=O) groups is 1. The fourth-order valence-electron chi connectivity index (χ4n) is 3.38. The lowest BCUT2D eigenvalue weighted by atomic mass is 10.0. The normalized spacial score (nSPS) is 31.6. The lowest BCUT2D eigenvalue weighted by Crippen LogP contribution is -2.39. The molecule has 0 spiro atoms. The van der Waals surface area contributed by atoms with E-state index in [4.69, 9.17) is 9.47 Å². The van der Waals surface area contributed by atoms with Crippen LogP contribution in [0.5, 0.6) is 0 Å². The van der Waals surface area contributed by atoms with E-state index < -0.39 is 0 Å². The number of fused-ring (bicyclic) bond motifs is 1. The zero-order chi connectivity index (χ0) is 14.2. The lowest BCUT2D eigenvalue weighted by molar-refractivity contribution is -0.132. The minimum Gasteiger partial charge on any atom is -0.379 e. The third kappa shape index (κ3) is 2.87. The number of hydrogen-bond donors (Lipinski definition) is 0. The molecule has 3 aliphatic rings. The van der Waals surface area contributed by atoms with E-state index in [1.807, 2.05) is 16.3 Å². The first-order valence-electron chi connectivity index (χ1n) is 7.81. The summed E-state index contributed by atoms with van der Waals surface area (Å²) >= 11 is 1.64. The van der Waals surface area contributed by atoms with Crippen LogP contribution in [-0.4, -0.2) is 49.3 Å². The molecule has 0 N–H and O–H groups in total. The van der Waals surface area contributed by atoms with Crippen LogP contribution in [0.2, 0.25) is 0 Å². The van der Waals surface area contributed by atoms with Gasteiger partial charge in [-0.1, -0.05) is 0 Å². The lowest BCUT2D eigenvalue weighted by Gasteiger charge is -2.22. The monoisotopic (exact) mass is 307 g/mol. The van der Waals surface area contributed by atoms with E-state index in [0.29, 0.717) is 18.9 Å². The zero-order valence-electron chi connectivity index (χ0n) is 12.1. The maximum atomic E-state index is 12.6. The number of ether oxygens (including phenoxy) is 2. The maximum absolute atomic E-state index is 12.6. The summed E-state index contributed by atoms with van der Waals surface area (Å²) in [5, 5.41) is 4.08. The van der Waals surface area contributed by atoms with E-state index >= 15 is 0 Å². The molecule has 1 aromatic rings. The molecule has 4 rings (SSSR count). The van der Waals surface area contributed by atoms with Crippen molar-refractivity contribution in [3.8, 4) is 0 Å². The van der Waals surface area contributed by atoms with Crippen LogP contribution in [0.3, 0.4) is 0 Å². The van der Waals surface area contributed by atoms with Gasteiger partial charge in [-0.2, -0.15) is 11.3 Å². The highest BCUT2D eigenvalue weighted by atomic mass is 32.1. The molecular weight excluding hydrogens is 286 g/mol. The molecule has 21 heavy (non-hydrogen) atoms. The minimum atomic E-state index is 0.171. The summed E-state index contributed by atoms with van der Waals surface area (Å²) < 4.78 is 11.7. The maximum Gasteiger partial charge on any atom is 0.227 e. The molecule has 5 heteroatoms. The van der Waals surface area contributed by atoms with Crippen molar-refractivity contribution < 1.29 is 14.3 Å². The molecule has 1 amide bonds. The van der Waals surface area contributed by atoms with Crippen LogP contribution in [0.25, 0.3) is 0 Å². The standard InChI is InChI=1S/C16H21NO3S/c18-16(5-12-3-4-21-10-12)17-6-15(20-7-11-1-2-11)13-8-19-9-14(13)17/h3-4,10-11,13-15H,1-2,5-9H2/t13-,14+,15-/m0/s1. The Hall–Kier alpha value is -0.910. The second kappa shape index (κ2) is 5.71. The highest BCUT2D eigenvalue weighted by molar-refractivity contribution is 7.07. The Morgan fingerprint density at radius 3 is 3.10 bits per heavy atom. The van der Waals surface area contributed by atoms with Gasteiger partial charge in [0, 0.05) is 19.1 Å². The summed E-state index contributed by atoms with van der Waals surface area (Å²) in [5.74, 6) is 1.35. The molecule has 3 fully saturated rings. The van der Waals surface area contributed by atoms with Crippen molar-refractivity contribution in [3.63, 3.8) is 0 Å². The third-order valence-corrected chi connectivity index (χ3v) is 5.58. The van der Waals surface area contributed by atoms with Gasteiger partial charge in [-0.15, -0.1) is 0 Å². The van der Waals surface area contributed by atoms with Crippen molar-refractivity contribution in [2.75, 3.05) is 26.4 Å². The first kappa shape index (κ1) is 13.7. The van der Waals surface area contributed by atoms with Crippen molar-refractivity contribution in [3.05, 3.63) is 22.4 Å². The van der Waals surface area contributed by atoms with E-state index in [1.54, 1.807) is 11.3 Å². The summed E-state index contributed by atoms with van der Waals surface area (Å²) in [6, 6.07) is 2.25. The zero-order valence-corrected chi connectivity index (χ0v) is 12.9. The van der Waals surface area contributed by atoms with Gasteiger partial charge < -0.3 is 14.4 Å². The number of carbonyl (C=O) groups excluding carboxylic acids is 1. The van der Waals surface area contributed by atoms with E-state index in [-0.39, 0.29) is 18.1 Å². The molecule has 3 atom stereocenters.